The van der Waals surface area contributed by atoms with Gasteiger partial charge in [0.05, 0.1) is 0 Å². The summed E-state index contributed by atoms with van der Waals surface area (Å²) < 4.78 is 0. The van der Waals surface area contributed by atoms with Crippen LogP contribution in [0.4, 0.5) is 0 Å². The Morgan fingerprint density at radius 2 is 1.78 bits per heavy atom. The van der Waals surface area contributed by atoms with Crippen LogP contribution in [-0.4, -0.2) is 12.1 Å². The second-order valence-corrected chi connectivity index (χ2v) is 5.60. The fraction of sp³-hybridized carbons (Fsp3) is 0.647. The van der Waals surface area contributed by atoms with Crippen LogP contribution < -0.4 is 5.32 Å². The molecule has 1 heteroatoms. The Kier molecular flexibility index (Phi) is 7.04. The Balaban J connectivity index is 2.33. The highest BCUT2D eigenvalue weighted by molar-refractivity contribution is 5.26. The van der Waals surface area contributed by atoms with E-state index >= 15 is 0 Å². The van der Waals surface area contributed by atoms with E-state index in [9.17, 15) is 0 Å². The van der Waals surface area contributed by atoms with Crippen LogP contribution in [0.25, 0.3) is 0 Å². The Labute approximate surface area is 113 Å². The van der Waals surface area contributed by atoms with E-state index in [2.05, 4.69) is 57.3 Å². The molecule has 0 bridgehead atoms. The average molecular weight is 247 g/mol. The molecule has 0 aliphatic heterocycles. The lowest BCUT2D eigenvalue weighted by atomic mass is 10.0. The first kappa shape index (κ1) is 15.2. The summed E-state index contributed by atoms with van der Waals surface area (Å²) in [6, 6.07) is 9.89. The van der Waals surface area contributed by atoms with Gasteiger partial charge in [0.15, 0.2) is 0 Å². The summed E-state index contributed by atoms with van der Waals surface area (Å²) in [5.74, 6) is 0. The van der Waals surface area contributed by atoms with Crippen LogP contribution in [0.5, 0.6) is 0 Å². The minimum Gasteiger partial charge on any atom is -0.311 e. The summed E-state index contributed by atoms with van der Waals surface area (Å²) in [6.07, 6.45) is 6.45. The second kappa shape index (κ2) is 8.31. The lowest BCUT2D eigenvalue weighted by molar-refractivity contribution is 0.430. The standard InChI is InChI=1S/C17H29N/c1-5-6-7-11-15(3)18-16(4)13-17-12-9-8-10-14(17)2/h8-10,12,15-16,18H,5-7,11,13H2,1-4H3. The predicted molar refractivity (Wildman–Crippen MR) is 81.1 cm³/mol. The lowest BCUT2D eigenvalue weighted by Gasteiger charge is -2.20. The SMILES string of the molecule is CCCCCC(C)NC(C)Cc1ccccc1C. The predicted octanol–water partition coefficient (Wildman–Crippen LogP) is 4.48. The molecule has 0 saturated carbocycles. The van der Waals surface area contributed by atoms with Crippen molar-refractivity contribution in [1.29, 1.82) is 0 Å². The number of hydrogen-bond donors (Lipinski definition) is 1. The van der Waals surface area contributed by atoms with Crippen molar-refractivity contribution >= 4 is 0 Å². The summed E-state index contributed by atoms with van der Waals surface area (Å²) >= 11 is 0. The normalized spacial score (nSPS) is 14.4. The zero-order valence-electron chi connectivity index (χ0n) is 12.5. The highest BCUT2D eigenvalue weighted by Crippen LogP contribution is 2.11. The molecule has 0 saturated heterocycles. The monoisotopic (exact) mass is 247 g/mol. The van der Waals surface area contributed by atoms with Crippen molar-refractivity contribution in [2.75, 3.05) is 0 Å². The summed E-state index contributed by atoms with van der Waals surface area (Å²) in [7, 11) is 0. The molecular formula is C17H29N. The van der Waals surface area contributed by atoms with Crippen molar-refractivity contribution in [1.82, 2.24) is 5.32 Å². The van der Waals surface area contributed by atoms with E-state index < -0.39 is 0 Å². The van der Waals surface area contributed by atoms with E-state index in [0.29, 0.717) is 12.1 Å². The zero-order valence-corrected chi connectivity index (χ0v) is 12.5. The van der Waals surface area contributed by atoms with Gasteiger partial charge in [-0.05, 0) is 44.7 Å². The van der Waals surface area contributed by atoms with Crippen molar-refractivity contribution in [3.63, 3.8) is 0 Å². The second-order valence-electron chi connectivity index (χ2n) is 5.60. The van der Waals surface area contributed by atoms with Gasteiger partial charge in [0.1, 0.15) is 0 Å². The lowest BCUT2D eigenvalue weighted by Crippen LogP contribution is -2.35. The van der Waals surface area contributed by atoms with Crippen molar-refractivity contribution in [2.24, 2.45) is 0 Å². The van der Waals surface area contributed by atoms with Crippen LogP contribution in [0, 0.1) is 6.92 Å². The minimum absolute atomic E-state index is 0.558. The van der Waals surface area contributed by atoms with Crippen molar-refractivity contribution in [3.05, 3.63) is 35.4 Å². The molecule has 18 heavy (non-hydrogen) atoms. The number of hydrogen-bond acceptors (Lipinski definition) is 1. The summed E-state index contributed by atoms with van der Waals surface area (Å²) in [4.78, 5) is 0. The molecule has 0 fully saturated rings. The molecule has 2 unspecified atom stereocenters. The average Bonchev–Trinajstić information content (AvgIpc) is 2.32. The first-order valence-electron chi connectivity index (χ1n) is 7.44. The maximum atomic E-state index is 3.71. The van der Waals surface area contributed by atoms with Crippen LogP contribution in [0.1, 0.15) is 57.6 Å². The molecule has 1 nitrogen and oxygen atoms in total. The van der Waals surface area contributed by atoms with Gasteiger partial charge in [-0.15, -0.1) is 0 Å². The van der Waals surface area contributed by atoms with Crippen LogP contribution >= 0.6 is 0 Å². The van der Waals surface area contributed by atoms with Gasteiger partial charge in [0.25, 0.3) is 0 Å². The molecule has 1 aromatic rings. The van der Waals surface area contributed by atoms with Gasteiger partial charge in [0, 0.05) is 12.1 Å². The molecule has 0 aromatic heterocycles. The summed E-state index contributed by atoms with van der Waals surface area (Å²) in [5, 5.41) is 3.71. The number of unbranched alkanes of at least 4 members (excludes halogenated alkanes) is 2. The summed E-state index contributed by atoms with van der Waals surface area (Å²) in [5.41, 5.74) is 2.88. The van der Waals surface area contributed by atoms with E-state index in [1.54, 1.807) is 0 Å². The van der Waals surface area contributed by atoms with Gasteiger partial charge >= 0.3 is 0 Å². The van der Waals surface area contributed by atoms with E-state index in [4.69, 9.17) is 0 Å². The Bertz CT molecular complexity index is 332. The molecule has 0 spiro atoms. The van der Waals surface area contributed by atoms with Crippen LogP contribution in [-0.2, 0) is 6.42 Å². The smallest absolute Gasteiger partial charge is 0.00817 e. The molecule has 0 aliphatic rings. The third-order valence-corrected chi connectivity index (χ3v) is 3.60. The molecule has 102 valence electrons. The molecule has 1 aromatic carbocycles. The largest absolute Gasteiger partial charge is 0.311 e. The number of aryl methyl sites for hydroxylation is 1. The van der Waals surface area contributed by atoms with Crippen molar-refractivity contribution in [2.45, 2.75) is 71.9 Å². The Morgan fingerprint density at radius 1 is 1.06 bits per heavy atom. The van der Waals surface area contributed by atoms with Gasteiger partial charge in [-0.25, -0.2) is 0 Å². The van der Waals surface area contributed by atoms with Crippen LogP contribution in [0.2, 0.25) is 0 Å². The Hall–Kier alpha value is -0.820. The summed E-state index contributed by atoms with van der Waals surface area (Å²) in [6.45, 7) is 9.07. The van der Waals surface area contributed by atoms with Gasteiger partial charge < -0.3 is 5.32 Å². The van der Waals surface area contributed by atoms with Gasteiger partial charge in [0.2, 0.25) is 0 Å². The molecule has 1 rings (SSSR count). The maximum Gasteiger partial charge on any atom is 0.00817 e. The van der Waals surface area contributed by atoms with Crippen LogP contribution in [0.3, 0.4) is 0 Å². The molecule has 0 aliphatic carbocycles. The number of benzene rings is 1. The molecule has 0 radical (unpaired) electrons. The highest BCUT2D eigenvalue weighted by Gasteiger charge is 2.08. The van der Waals surface area contributed by atoms with Crippen molar-refractivity contribution < 1.29 is 0 Å². The molecule has 0 amide bonds. The van der Waals surface area contributed by atoms with Gasteiger partial charge in [-0.2, -0.15) is 0 Å². The van der Waals surface area contributed by atoms with E-state index in [-0.39, 0.29) is 0 Å². The highest BCUT2D eigenvalue weighted by atomic mass is 14.9. The fourth-order valence-corrected chi connectivity index (χ4v) is 2.50. The van der Waals surface area contributed by atoms with E-state index in [1.807, 2.05) is 0 Å². The van der Waals surface area contributed by atoms with Crippen LogP contribution in [0.15, 0.2) is 24.3 Å². The third-order valence-electron chi connectivity index (χ3n) is 3.60. The maximum absolute atomic E-state index is 3.71. The molecular weight excluding hydrogens is 218 g/mol. The van der Waals surface area contributed by atoms with Gasteiger partial charge in [-0.1, -0.05) is 50.5 Å². The quantitative estimate of drug-likeness (QED) is 0.668. The first-order valence-corrected chi connectivity index (χ1v) is 7.44. The number of rotatable bonds is 8. The van der Waals surface area contributed by atoms with Crippen molar-refractivity contribution in [3.8, 4) is 0 Å². The Morgan fingerprint density at radius 3 is 2.44 bits per heavy atom. The third kappa shape index (κ3) is 5.68. The fourth-order valence-electron chi connectivity index (χ4n) is 2.50. The zero-order chi connectivity index (χ0) is 13.4. The van der Waals surface area contributed by atoms with Gasteiger partial charge in [-0.3, -0.25) is 0 Å². The number of nitrogens with one attached hydrogen (secondary N) is 1. The van der Waals surface area contributed by atoms with E-state index in [0.717, 1.165) is 6.42 Å². The van der Waals surface area contributed by atoms with E-state index in [1.165, 1.54) is 36.8 Å². The first-order chi connectivity index (χ1) is 8.63. The topological polar surface area (TPSA) is 12.0 Å². The molecule has 1 N–H and O–H groups in total. The minimum atomic E-state index is 0.558. The molecule has 2 atom stereocenters. The molecule has 0 heterocycles.